The summed E-state index contributed by atoms with van der Waals surface area (Å²) in [4.78, 5) is 3.75. The van der Waals surface area contributed by atoms with E-state index in [1.807, 2.05) is 0 Å². The molecule has 4 heteroatoms. The summed E-state index contributed by atoms with van der Waals surface area (Å²) in [7, 11) is 0. The number of nitrogens with one attached hydrogen (secondary N) is 1. The summed E-state index contributed by atoms with van der Waals surface area (Å²) >= 11 is 3.66. The average molecular weight is 741 g/mol. The summed E-state index contributed by atoms with van der Waals surface area (Å²) in [5, 5.41) is 10.2. The lowest BCUT2D eigenvalue weighted by atomic mass is 9.83. The number of para-hydroxylation sites is 2. The van der Waals surface area contributed by atoms with Crippen molar-refractivity contribution in [3.63, 3.8) is 0 Å². The molecule has 0 aliphatic rings. The second kappa shape index (κ2) is 11.6. The van der Waals surface area contributed by atoms with Crippen molar-refractivity contribution in [2.24, 2.45) is 0 Å². The number of aromatic nitrogens is 2. The fourth-order valence-electron chi connectivity index (χ4n) is 8.08. The Labute approximate surface area is 312 Å². The van der Waals surface area contributed by atoms with E-state index in [0.717, 1.165) is 10.2 Å². The molecule has 256 valence electrons. The van der Waals surface area contributed by atoms with E-state index in [4.69, 9.17) is 5.73 Å². The third kappa shape index (κ3) is 5.15. The van der Waals surface area contributed by atoms with E-state index in [1.54, 1.807) is 0 Å². The normalized spacial score (nSPS) is 12.6. The van der Waals surface area contributed by atoms with E-state index in [-0.39, 0.29) is 10.8 Å². The number of hydrogen-bond acceptors (Lipinski definition) is 1. The fraction of sp³-hybridized carbons (Fsp3) is 0.167. The Morgan fingerprint density at radius 2 is 1.10 bits per heavy atom. The second-order valence-electron chi connectivity index (χ2n) is 16.3. The number of nitrogen functional groups attached to an aromatic ring is 1. The quantitative estimate of drug-likeness (QED) is 0.162. The van der Waals surface area contributed by atoms with E-state index < -0.39 is 0 Å². The lowest BCUT2D eigenvalue weighted by Crippen LogP contribution is -2.11. The van der Waals surface area contributed by atoms with Crippen LogP contribution >= 0.6 is 15.9 Å². The highest BCUT2D eigenvalue weighted by atomic mass is 79.9. The van der Waals surface area contributed by atoms with Crippen LogP contribution in [-0.4, -0.2) is 9.38 Å². The monoisotopic (exact) mass is 739 g/mol. The Morgan fingerprint density at radius 3 is 1.73 bits per heavy atom. The number of hydrogen-bond donors (Lipinski definition) is 2. The first-order valence-corrected chi connectivity index (χ1v) is 18.9. The van der Waals surface area contributed by atoms with Crippen molar-refractivity contribution in [1.82, 2.24) is 9.38 Å². The molecule has 10 aromatic rings. The van der Waals surface area contributed by atoms with Crippen LogP contribution in [0.1, 0.15) is 52.7 Å². The third-order valence-corrected chi connectivity index (χ3v) is 11.2. The number of anilines is 1. The van der Waals surface area contributed by atoms with Crippen LogP contribution in [0.15, 0.2) is 132 Å². The Bertz CT molecular complexity index is 2920. The van der Waals surface area contributed by atoms with Gasteiger partial charge in [0.05, 0.1) is 22.1 Å². The van der Waals surface area contributed by atoms with Gasteiger partial charge in [-0.2, -0.15) is 0 Å². The standard InChI is InChI=1S/C30H32N2.C18H10BrN/c1-29(2,3)19-11-12-27-24(14-19)26-16-20(30(4,5)6)15-25(28(26)32-27)23-17-21(31)13-18-9-7-8-10-22(18)23;19-11-9-14-12-5-1-3-7-16(12)20-17-8-4-2-6-13(17)15(10-11)18(14)20/h7-17,32H,31H2,1-6H3;1-10H. The van der Waals surface area contributed by atoms with Crippen LogP contribution in [0.4, 0.5) is 5.69 Å². The van der Waals surface area contributed by atoms with Crippen LogP contribution in [0.3, 0.4) is 0 Å². The zero-order chi connectivity index (χ0) is 36.1. The van der Waals surface area contributed by atoms with Gasteiger partial charge in [0.15, 0.2) is 0 Å². The van der Waals surface area contributed by atoms with Gasteiger partial charge in [0.1, 0.15) is 0 Å². The highest BCUT2D eigenvalue weighted by molar-refractivity contribution is 9.10. The van der Waals surface area contributed by atoms with Crippen LogP contribution in [0.5, 0.6) is 0 Å². The molecule has 7 aromatic carbocycles. The van der Waals surface area contributed by atoms with Gasteiger partial charge in [-0.05, 0) is 99.0 Å². The van der Waals surface area contributed by atoms with Gasteiger partial charge in [0.2, 0.25) is 0 Å². The summed E-state index contributed by atoms with van der Waals surface area (Å²) in [5.41, 5.74) is 18.6. The molecule has 0 radical (unpaired) electrons. The van der Waals surface area contributed by atoms with Gasteiger partial charge in [-0.1, -0.05) is 124 Å². The summed E-state index contributed by atoms with van der Waals surface area (Å²) < 4.78 is 3.53. The Kier molecular flexibility index (Phi) is 7.26. The van der Waals surface area contributed by atoms with Crippen molar-refractivity contribution in [3.8, 4) is 11.1 Å². The molecule has 3 heterocycles. The van der Waals surface area contributed by atoms with Gasteiger partial charge in [0.25, 0.3) is 0 Å². The molecule has 0 atom stereocenters. The number of aromatic amines is 1. The number of fused-ring (bicyclic) bond motifs is 10. The maximum atomic E-state index is 6.36. The van der Waals surface area contributed by atoms with Crippen LogP contribution in [0, 0.1) is 0 Å². The van der Waals surface area contributed by atoms with Crippen molar-refractivity contribution in [1.29, 1.82) is 0 Å². The van der Waals surface area contributed by atoms with E-state index in [9.17, 15) is 0 Å². The van der Waals surface area contributed by atoms with Gasteiger partial charge in [-0.15, -0.1) is 0 Å². The molecular formula is C48H42BrN3. The lowest BCUT2D eigenvalue weighted by Gasteiger charge is -2.21. The molecule has 3 aromatic heterocycles. The molecule has 0 spiro atoms. The van der Waals surface area contributed by atoms with E-state index >= 15 is 0 Å². The highest BCUT2D eigenvalue weighted by Gasteiger charge is 2.22. The first kappa shape index (κ1) is 32.6. The molecule has 3 nitrogen and oxygen atoms in total. The molecule has 10 rings (SSSR count). The first-order chi connectivity index (χ1) is 24.9. The van der Waals surface area contributed by atoms with Gasteiger partial charge in [-0.3, -0.25) is 0 Å². The van der Waals surface area contributed by atoms with Crippen molar-refractivity contribution < 1.29 is 0 Å². The largest absolute Gasteiger partial charge is 0.399 e. The topological polar surface area (TPSA) is 46.2 Å². The molecule has 0 bridgehead atoms. The summed E-state index contributed by atoms with van der Waals surface area (Å²) in [6, 6.07) is 46.0. The molecular weight excluding hydrogens is 698 g/mol. The van der Waals surface area contributed by atoms with E-state index in [2.05, 4.69) is 194 Å². The lowest BCUT2D eigenvalue weighted by molar-refractivity contribution is 0.590. The van der Waals surface area contributed by atoms with Crippen LogP contribution in [0.2, 0.25) is 0 Å². The number of benzene rings is 7. The van der Waals surface area contributed by atoms with Crippen molar-refractivity contribution in [2.75, 3.05) is 5.73 Å². The Balaban J connectivity index is 0.000000153. The zero-order valence-electron chi connectivity index (χ0n) is 30.5. The number of H-pyrrole nitrogens is 1. The maximum Gasteiger partial charge on any atom is 0.0621 e. The van der Waals surface area contributed by atoms with Crippen LogP contribution in [-0.2, 0) is 10.8 Å². The van der Waals surface area contributed by atoms with E-state index in [1.165, 1.54) is 92.9 Å². The molecule has 0 aliphatic carbocycles. The highest BCUT2D eigenvalue weighted by Crippen LogP contribution is 2.43. The Morgan fingerprint density at radius 1 is 0.519 bits per heavy atom. The molecule has 0 amide bonds. The maximum absolute atomic E-state index is 6.36. The summed E-state index contributed by atoms with van der Waals surface area (Å²) in [6.07, 6.45) is 0. The fourth-order valence-corrected chi connectivity index (χ4v) is 8.54. The molecule has 0 saturated carbocycles. The minimum absolute atomic E-state index is 0.0320. The van der Waals surface area contributed by atoms with Gasteiger partial charge >= 0.3 is 0 Å². The third-order valence-electron chi connectivity index (χ3n) is 10.8. The number of nitrogens with zero attached hydrogens (tertiary/aromatic N) is 1. The SMILES string of the molecule is Brc1cc2c3ccccc3n3c4ccccc4c(c1)c23.CC(C)(C)c1ccc2[nH]c3c(-c4cc(N)cc5ccccc45)cc(C(C)(C)C)cc3c2c1. The smallest absolute Gasteiger partial charge is 0.0621 e. The van der Waals surface area contributed by atoms with Crippen molar-refractivity contribution >= 4 is 92.3 Å². The number of nitrogens with two attached hydrogens (primary N) is 1. The van der Waals surface area contributed by atoms with Crippen LogP contribution in [0.25, 0.3) is 81.8 Å². The van der Waals surface area contributed by atoms with Gasteiger partial charge in [-0.25, -0.2) is 0 Å². The predicted octanol–water partition coefficient (Wildman–Crippen LogP) is 13.9. The van der Waals surface area contributed by atoms with Gasteiger partial charge < -0.3 is 15.1 Å². The molecule has 0 saturated heterocycles. The van der Waals surface area contributed by atoms with Crippen molar-refractivity contribution in [3.05, 3.63) is 143 Å². The number of rotatable bonds is 1. The molecule has 0 aliphatic heterocycles. The van der Waals surface area contributed by atoms with Crippen molar-refractivity contribution in [2.45, 2.75) is 52.4 Å². The zero-order valence-corrected chi connectivity index (χ0v) is 32.1. The number of halogens is 1. The van der Waals surface area contributed by atoms with Crippen LogP contribution < -0.4 is 5.73 Å². The molecule has 0 fully saturated rings. The second-order valence-corrected chi connectivity index (χ2v) is 17.3. The summed E-state index contributed by atoms with van der Waals surface area (Å²) in [5.74, 6) is 0. The Hall–Kier alpha value is -5.32. The summed E-state index contributed by atoms with van der Waals surface area (Å²) in [6.45, 7) is 13.7. The average Bonchev–Trinajstić information content (AvgIpc) is 3.76. The van der Waals surface area contributed by atoms with Gasteiger partial charge in [0, 0.05) is 53.6 Å². The molecule has 0 unspecified atom stereocenters. The minimum atomic E-state index is 0.0320. The molecule has 3 N–H and O–H groups in total. The predicted molar refractivity (Wildman–Crippen MR) is 229 cm³/mol. The minimum Gasteiger partial charge on any atom is -0.399 e. The van der Waals surface area contributed by atoms with E-state index in [0.29, 0.717) is 0 Å². The first-order valence-electron chi connectivity index (χ1n) is 18.1. The molecule has 52 heavy (non-hydrogen) atoms.